The van der Waals surface area contributed by atoms with Crippen molar-refractivity contribution in [1.82, 2.24) is 24.6 Å². The number of fused-ring (bicyclic) bond motifs is 1. The van der Waals surface area contributed by atoms with Gasteiger partial charge in [0.2, 0.25) is 5.91 Å². The van der Waals surface area contributed by atoms with Crippen LogP contribution in [0.15, 0.2) is 35.5 Å². The number of carbonyl (C=O) groups is 1. The van der Waals surface area contributed by atoms with Crippen LogP contribution in [-0.2, 0) is 11.3 Å². The molecule has 4 rings (SSSR count). The van der Waals surface area contributed by atoms with E-state index in [0.29, 0.717) is 11.0 Å². The summed E-state index contributed by atoms with van der Waals surface area (Å²) in [6.45, 7) is 4.02. The van der Waals surface area contributed by atoms with Crippen molar-refractivity contribution < 1.29 is 4.79 Å². The molecule has 0 saturated heterocycles. The lowest BCUT2D eigenvalue weighted by Crippen LogP contribution is -2.37. The molecule has 140 valence electrons. The Labute approximate surface area is 157 Å². The molecular formula is C20H23N5O2. The Morgan fingerprint density at radius 3 is 2.78 bits per heavy atom. The van der Waals surface area contributed by atoms with Gasteiger partial charge in [-0.2, -0.15) is 5.10 Å². The number of nitrogens with zero attached hydrogens (tertiary/aromatic N) is 4. The van der Waals surface area contributed by atoms with Crippen molar-refractivity contribution >= 4 is 16.9 Å². The zero-order chi connectivity index (χ0) is 19.0. The van der Waals surface area contributed by atoms with Gasteiger partial charge in [0, 0.05) is 6.04 Å². The van der Waals surface area contributed by atoms with Crippen molar-refractivity contribution in [3.8, 4) is 5.69 Å². The fraction of sp³-hybridized carbons (Fsp3) is 0.400. The SMILES string of the molecule is Cc1ccc(-n2ncc3c(=O)n(CC(=O)NC4CCCC4)cnc32)c(C)c1. The standard InChI is InChI=1S/C20H23N5O2/c1-13-7-8-17(14(2)9-13)25-19-16(10-22-25)20(27)24(12-21-19)11-18(26)23-15-5-3-4-6-15/h7-10,12,15H,3-6,11H2,1-2H3,(H,23,26). The first-order valence-corrected chi connectivity index (χ1v) is 9.33. The van der Waals surface area contributed by atoms with Crippen molar-refractivity contribution in [2.24, 2.45) is 0 Å². The van der Waals surface area contributed by atoms with Crippen molar-refractivity contribution in [2.45, 2.75) is 52.1 Å². The van der Waals surface area contributed by atoms with Gasteiger partial charge in [-0.25, -0.2) is 9.67 Å². The Morgan fingerprint density at radius 2 is 2.04 bits per heavy atom. The van der Waals surface area contributed by atoms with Gasteiger partial charge in [0.25, 0.3) is 5.56 Å². The summed E-state index contributed by atoms with van der Waals surface area (Å²) in [4.78, 5) is 29.4. The Morgan fingerprint density at radius 1 is 1.26 bits per heavy atom. The third-order valence-corrected chi connectivity index (χ3v) is 5.17. The van der Waals surface area contributed by atoms with E-state index in [1.807, 2.05) is 26.0 Å². The van der Waals surface area contributed by atoms with E-state index in [1.165, 1.54) is 17.1 Å². The van der Waals surface area contributed by atoms with Gasteiger partial charge in [0.1, 0.15) is 18.3 Å². The number of aryl methyl sites for hydroxylation is 2. The normalized spacial score (nSPS) is 14.7. The second-order valence-corrected chi connectivity index (χ2v) is 7.31. The molecule has 0 aliphatic heterocycles. The van der Waals surface area contributed by atoms with Crippen LogP contribution in [0.1, 0.15) is 36.8 Å². The number of hydrogen-bond donors (Lipinski definition) is 1. The van der Waals surface area contributed by atoms with E-state index in [2.05, 4.69) is 21.5 Å². The average molecular weight is 365 g/mol. The molecule has 0 unspecified atom stereocenters. The van der Waals surface area contributed by atoms with Crippen LogP contribution in [0, 0.1) is 13.8 Å². The van der Waals surface area contributed by atoms with E-state index in [9.17, 15) is 9.59 Å². The Bertz CT molecular complexity index is 1060. The van der Waals surface area contributed by atoms with Gasteiger partial charge in [-0.05, 0) is 38.3 Å². The Hall–Kier alpha value is -2.96. The number of rotatable bonds is 4. The first-order chi connectivity index (χ1) is 13.0. The summed E-state index contributed by atoms with van der Waals surface area (Å²) in [6, 6.07) is 6.28. The molecule has 1 fully saturated rings. The van der Waals surface area contributed by atoms with Crippen LogP contribution < -0.4 is 10.9 Å². The average Bonchev–Trinajstić information content (AvgIpc) is 3.27. The third kappa shape index (κ3) is 3.37. The minimum atomic E-state index is -0.252. The molecule has 27 heavy (non-hydrogen) atoms. The molecule has 1 N–H and O–H groups in total. The van der Waals surface area contributed by atoms with E-state index in [-0.39, 0.29) is 24.1 Å². The molecule has 1 aliphatic carbocycles. The molecule has 2 aromatic heterocycles. The lowest BCUT2D eigenvalue weighted by molar-refractivity contribution is -0.122. The highest BCUT2D eigenvalue weighted by Gasteiger charge is 2.18. The van der Waals surface area contributed by atoms with Gasteiger partial charge >= 0.3 is 0 Å². The summed E-state index contributed by atoms with van der Waals surface area (Å²) in [7, 11) is 0. The zero-order valence-corrected chi connectivity index (χ0v) is 15.6. The summed E-state index contributed by atoms with van der Waals surface area (Å²) < 4.78 is 3.02. The smallest absolute Gasteiger partial charge is 0.264 e. The second kappa shape index (κ2) is 6.98. The molecule has 1 aliphatic rings. The van der Waals surface area contributed by atoms with E-state index in [4.69, 9.17) is 0 Å². The summed E-state index contributed by atoms with van der Waals surface area (Å²) in [5.74, 6) is -0.146. The van der Waals surface area contributed by atoms with Crippen molar-refractivity contribution in [3.05, 3.63) is 52.2 Å². The van der Waals surface area contributed by atoms with Crippen molar-refractivity contribution in [2.75, 3.05) is 0 Å². The summed E-state index contributed by atoms with van der Waals surface area (Å²) >= 11 is 0. The first-order valence-electron chi connectivity index (χ1n) is 9.33. The highest BCUT2D eigenvalue weighted by atomic mass is 16.2. The maximum atomic E-state index is 12.8. The number of amides is 1. The second-order valence-electron chi connectivity index (χ2n) is 7.31. The minimum absolute atomic E-state index is 0.0208. The number of aromatic nitrogens is 4. The fourth-order valence-electron chi connectivity index (χ4n) is 3.78. The predicted molar refractivity (Wildman–Crippen MR) is 103 cm³/mol. The number of nitrogens with one attached hydrogen (secondary N) is 1. The highest BCUT2D eigenvalue weighted by molar-refractivity contribution is 5.78. The predicted octanol–water partition coefficient (Wildman–Crippen LogP) is 2.26. The number of carbonyl (C=O) groups excluding carboxylic acids is 1. The molecule has 0 radical (unpaired) electrons. The Balaban J connectivity index is 1.63. The van der Waals surface area contributed by atoms with Crippen molar-refractivity contribution in [1.29, 1.82) is 0 Å². The van der Waals surface area contributed by atoms with Gasteiger partial charge in [0.15, 0.2) is 5.65 Å². The Kier molecular flexibility index (Phi) is 4.51. The largest absolute Gasteiger partial charge is 0.352 e. The summed E-state index contributed by atoms with van der Waals surface area (Å²) in [6.07, 6.45) is 7.28. The van der Waals surface area contributed by atoms with Crippen LogP contribution >= 0.6 is 0 Å². The number of hydrogen-bond acceptors (Lipinski definition) is 4. The maximum Gasteiger partial charge on any atom is 0.264 e. The highest BCUT2D eigenvalue weighted by Crippen LogP contribution is 2.19. The molecule has 0 spiro atoms. The molecular weight excluding hydrogens is 342 g/mol. The van der Waals surface area contributed by atoms with Crippen LogP contribution in [0.25, 0.3) is 16.7 Å². The topological polar surface area (TPSA) is 81.8 Å². The van der Waals surface area contributed by atoms with E-state index >= 15 is 0 Å². The zero-order valence-electron chi connectivity index (χ0n) is 15.6. The number of benzene rings is 1. The molecule has 0 atom stereocenters. The maximum absolute atomic E-state index is 12.8. The fourth-order valence-corrected chi connectivity index (χ4v) is 3.78. The molecule has 3 aromatic rings. The monoisotopic (exact) mass is 365 g/mol. The quantitative estimate of drug-likeness (QED) is 0.769. The lowest BCUT2D eigenvalue weighted by Gasteiger charge is -2.12. The van der Waals surface area contributed by atoms with Crippen LogP contribution in [-0.4, -0.2) is 31.3 Å². The van der Waals surface area contributed by atoms with Gasteiger partial charge in [-0.15, -0.1) is 0 Å². The third-order valence-electron chi connectivity index (χ3n) is 5.17. The van der Waals surface area contributed by atoms with Gasteiger partial charge < -0.3 is 5.32 Å². The van der Waals surface area contributed by atoms with Crippen LogP contribution in [0.2, 0.25) is 0 Å². The summed E-state index contributed by atoms with van der Waals surface area (Å²) in [5, 5.41) is 7.77. The molecule has 1 saturated carbocycles. The molecule has 2 heterocycles. The molecule has 7 heteroatoms. The van der Waals surface area contributed by atoms with Crippen LogP contribution in [0.4, 0.5) is 0 Å². The van der Waals surface area contributed by atoms with Crippen LogP contribution in [0.5, 0.6) is 0 Å². The first kappa shape index (κ1) is 17.5. The van der Waals surface area contributed by atoms with Gasteiger partial charge in [-0.3, -0.25) is 14.2 Å². The molecule has 7 nitrogen and oxygen atoms in total. The van der Waals surface area contributed by atoms with Crippen molar-refractivity contribution in [3.63, 3.8) is 0 Å². The van der Waals surface area contributed by atoms with E-state index in [0.717, 1.165) is 42.5 Å². The van der Waals surface area contributed by atoms with Crippen LogP contribution in [0.3, 0.4) is 0 Å². The molecule has 1 aromatic carbocycles. The van der Waals surface area contributed by atoms with Gasteiger partial charge in [0.05, 0.1) is 11.9 Å². The van der Waals surface area contributed by atoms with E-state index in [1.54, 1.807) is 4.68 Å². The molecule has 1 amide bonds. The summed E-state index contributed by atoms with van der Waals surface area (Å²) in [5.41, 5.74) is 3.36. The lowest BCUT2D eigenvalue weighted by atomic mass is 10.1. The van der Waals surface area contributed by atoms with Gasteiger partial charge in [-0.1, -0.05) is 30.5 Å². The minimum Gasteiger partial charge on any atom is -0.352 e. The molecule has 0 bridgehead atoms. The van der Waals surface area contributed by atoms with E-state index < -0.39 is 0 Å².